The second-order valence-corrected chi connectivity index (χ2v) is 7.04. The third-order valence-electron chi connectivity index (χ3n) is 5.07. The monoisotopic (exact) mass is 386 g/mol. The number of hydrogen-bond donors (Lipinski definition) is 0. The Kier molecular flexibility index (Phi) is 5.62. The van der Waals surface area contributed by atoms with Crippen molar-refractivity contribution >= 4 is 16.7 Å². The number of nitriles is 1. The van der Waals surface area contributed by atoms with E-state index >= 15 is 0 Å². The maximum atomic E-state index is 12.2. The quantitative estimate of drug-likeness (QED) is 0.605. The molecule has 3 aromatic carbocycles. The van der Waals surface area contributed by atoms with Crippen LogP contribution in [0.1, 0.15) is 24.8 Å². The first kappa shape index (κ1) is 18.8. The smallest absolute Gasteiger partial charge is 0.225 e. The molecule has 1 saturated heterocycles. The van der Waals surface area contributed by atoms with Crippen LogP contribution in [0.4, 0.5) is 0 Å². The molecule has 0 atom stereocenters. The number of para-hydroxylation sites is 2. The van der Waals surface area contributed by atoms with Crippen molar-refractivity contribution in [2.45, 2.75) is 19.3 Å². The van der Waals surface area contributed by atoms with Gasteiger partial charge in [0.15, 0.2) is 11.5 Å². The second kappa shape index (κ2) is 8.66. The summed E-state index contributed by atoms with van der Waals surface area (Å²) in [6, 6.07) is 20.9. The molecule has 1 amide bonds. The zero-order valence-corrected chi connectivity index (χ0v) is 16.1. The molecule has 0 saturated carbocycles. The lowest BCUT2D eigenvalue weighted by atomic mass is 10.1. The highest BCUT2D eigenvalue weighted by atomic mass is 16.5. The van der Waals surface area contributed by atoms with Crippen LogP contribution >= 0.6 is 0 Å². The summed E-state index contributed by atoms with van der Waals surface area (Å²) < 4.78 is 12.0. The molecule has 1 fully saturated rings. The summed E-state index contributed by atoms with van der Waals surface area (Å²) in [6.45, 7) is 2.02. The topological polar surface area (TPSA) is 62.6 Å². The Bertz CT molecular complexity index is 1070. The molecular formula is C24H22N2O3. The molecular weight excluding hydrogens is 364 g/mol. The van der Waals surface area contributed by atoms with Gasteiger partial charge >= 0.3 is 0 Å². The fraction of sp³-hybridized carbons (Fsp3) is 0.250. The van der Waals surface area contributed by atoms with Crippen molar-refractivity contribution in [3.8, 4) is 23.3 Å². The lowest BCUT2D eigenvalue weighted by Gasteiger charge is -2.16. The number of likely N-dealkylation sites (tertiary alicyclic amines) is 1. The van der Waals surface area contributed by atoms with Gasteiger partial charge in [0.1, 0.15) is 5.75 Å². The average molecular weight is 386 g/mol. The van der Waals surface area contributed by atoms with E-state index in [0.29, 0.717) is 35.8 Å². The van der Waals surface area contributed by atoms with Gasteiger partial charge in [-0.05, 0) is 54.6 Å². The molecule has 4 rings (SSSR count). The predicted octanol–water partition coefficient (Wildman–Crippen LogP) is 4.90. The van der Waals surface area contributed by atoms with E-state index in [-0.39, 0.29) is 5.91 Å². The number of benzene rings is 3. The van der Waals surface area contributed by atoms with Crippen LogP contribution < -0.4 is 9.47 Å². The molecule has 1 heterocycles. The van der Waals surface area contributed by atoms with Crippen LogP contribution in [-0.4, -0.2) is 30.5 Å². The van der Waals surface area contributed by atoms with Gasteiger partial charge in [-0.1, -0.05) is 24.3 Å². The number of nitrogens with zero attached hydrogens (tertiary/aromatic N) is 2. The minimum absolute atomic E-state index is 0.142. The maximum absolute atomic E-state index is 12.2. The highest BCUT2D eigenvalue weighted by Crippen LogP contribution is 2.35. The highest BCUT2D eigenvalue weighted by Gasteiger charge is 2.18. The van der Waals surface area contributed by atoms with Gasteiger partial charge in [-0.3, -0.25) is 4.79 Å². The van der Waals surface area contributed by atoms with Gasteiger partial charge in [0.2, 0.25) is 5.91 Å². The molecule has 0 aliphatic carbocycles. The first-order valence-corrected chi connectivity index (χ1v) is 9.85. The van der Waals surface area contributed by atoms with Gasteiger partial charge < -0.3 is 14.4 Å². The number of fused-ring (bicyclic) bond motifs is 1. The Hall–Kier alpha value is -3.52. The van der Waals surface area contributed by atoms with Crippen molar-refractivity contribution in [1.82, 2.24) is 4.90 Å². The van der Waals surface area contributed by atoms with Gasteiger partial charge in [-0.15, -0.1) is 0 Å². The molecule has 1 aliphatic heterocycles. The SMILES string of the molecule is N#Cc1ccc2c(Oc3ccccc3OCCC(=O)N3CCCC3)cccc2c1. The number of hydrogen-bond acceptors (Lipinski definition) is 4. The zero-order valence-electron chi connectivity index (χ0n) is 16.1. The third kappa shape index (κ3) is 4.33. The summed E-state index contributed by atoms with van der Waals surface area (Å²) in [5.41, 5.74) is 0.612. The van der Waals surface area contributed by atoms with Crippen LogP contribution in [0.25, 0.3) is 10.8 Å². The Morgan fingerprint density at radius 1 is 0.966 bits per heavy atom. The summed E-state index contributed by atoms with van der Waals surface area (Å²) in [5, 5.41) is 11.0. The number of carbonyl (C=O) groups is 1. The first-order chi connectivity index (χ1) is 14.2. The number of carbonyl (C=O) groups excluding carboxylic acids is 1. The van der Waals surface area contributed by atoms with Gasteiger partial charge in [0.05, 0.1) is 24.7 Å². The zero-order chi connectivity index (χ0) is 20.1. The molecule has 0 radical (unpaired) electrons. The molecule has 0 aromatic heterocycles. The van der Waals surface area contributed by atoms with E-state index in [0.717, 1.165) is 36.7 Å². The van der Waals surface area contributed by atoms with Gasteiger partial charge in [-0.2, -0.15) is 5.26 Å². The molecule has 146 valence electrons. The lowest BCUT2D eigenvalue weighted by Crippen LogP contribution is -2.28. The molecule has 3 aromatic rings. The number of amides is 1. The Morgan fingerprint density at radius 3 is 2.52 bits per heavy atom. The second-order valence-electron chi connectivity index (χ2n) is 7.04. The van der Waals surface area contributed by atoms with Crippen molar-refractivity contribution < 1.29 is 14.3 Å². The summed E-state index contributed by atoms with van der Waals surface area (Å²) in [5.74, 6) is 2.03. The molecule has 0 unspecified atom stereocenters. The fourth-order valence-corrected chi connectivity index (χ4v) is 3.56. The third-order valence-corrected chi connectivity index (χ3v) is 5.07. The molecule has 0 N–H and O–H groups in total. The molecule has 29 heavy (non-hydrogen) atoms. The highest BCUT2D eigenvalue weighted by molar-refractivity contribution is 5.89. The minimum atomic E-state index is 0.142. The Balaban J connectivity index is 1.48. The summed E-state index contributed by atoms with van der Waals surface area (Å²) in [7, 11) is 0. The van der Waals surface area contributed by atoms with Crippen molar-refractivity contribution in [1.29, 1.82) is 5.26 Å². The molecule has 5 heteroatoms. The standard InChI is InChI=1S/C24H22N2O3/c25-17-18-10-11-20-19(16-18)6-5-9-21(20)29-23-8-2-1-7-22(23)28-15-12-24(27)26-13-3-4-14-26/h1-2,5-11,16H,3-4,12-15H2. The van der Waals surface area contributed by atoms with E-state index in [1.807, 2.05) is 59.5 Å². The molecule has 0 spiro atoms. The van der Waals surface area contributed by atoms with Gasteiger partial charge in [0.25, 0.3) is 0 Å². The minimum Gasteiger partial charge on any atom is -0.489 e. The van der Waals surface area contributed by atoms with Crippen molar-refractivity contribution in [2.75, 3.05) is 19.7 Å². The van der Waals surface area contributed by atoms with Crippen LogP contribution in [0.2, 0.25) is 0 Å². The summed E-state index contributed by atoms with van der Waals surface area (Å²) >= 11 is 0. The van der Waals surface area contributed by atoms with Crippen LogP contribution in [0.5, 0.6) is 17.2 Å². The van der Waals surface area contributed by atoms with E-state index in [1.165, 1.54) is 0 Å². The van der Waals surface area contributed by atoms with Gasteiger partial charge in [-0.25, -0.2) is 0 Å². The number of ether oxygens (including phenoxy) is 2. The average Bonchev–Trinajstić information content (AvgIpc) is 3.30. The normalized spacial score (nSPS) is 13.3. The molecule has 0 bridgehead atoms. The van der Waals surface area contributed by atoms with E-state index in [2.05, 4.69) is 6.07 Å². The Morgan fingerprint density at radius 2 is 1.72 bits per heavy atom. The van der Waals surface area contributed by atoms with Crippen LogP contribution in [-0.2, 0) is 4.79 Å². The van der Waals surface area contributed by atoms with E-state index in [9.17, 15) is 4.79 Å². The van der Waals surface area contributed by atoms with Crippen molar-refractivity contribution in [3.63, 3.8) is 0 Å². The maximum Gasteiger partial charge on any atom is 0.225 e. The molecule has 1 aliphatic rings. The van der Waals surface area contributed by atoms with Crippen molar-refractivity contribution in [3.05, 3.63) is 66.2 Å². The van der Waals surface area contributed by atoms with E-state index in [1.54, 1.807) is 6.07 Å². The Labute approximate surface area is 170 Å². The predicted molar refractivity (Wildman–Crippen MR) is 111 cm³/mol. The molecule has 5 nitrogen and oxygen atoms in total. The van der Waals surface area contributed by atoms with E-state index < -0.39 is 0 Å². The fourth-order valence-electron chi connectivity index (χ4n) is 3.56. The summed E-state index contributed by atoms with van der Waals surface area (Å²) in [6.07, 6.45) is 2.54. The van der Waals surface area contributed by atoms with E-state index in [4.69, 9.17) is 14.7 Å². The van der Waals surface area contributed by atoms with Crippen molar-refractivity contribution in [2.24, 2.45) is 0 Å². The van der Waals surface area contributed by atoms with Gasteiger partial charge in [0, 0.05) is 18.5 Å². The van der Waals surface area contributed by atoms with Crippen LogP contribution in [0, 0.1) is 11.3 Å². The van der Waals surface area contributed by atoms with Crippen LogP contribution in [0.3, 0.4) is 0 Å². The largest absolute Gasteiger partial charge is 0.489 e. The first-order valence-electron chi connectivity index (χ1n) is 9.85. The lowest BCUT2D eigenvalue weighted by molar-refractivity contribution is -0.130. The van der Waals surface area contributed by atoms with Crippen LogP contribution in [0.15, 0.2) is 60.7 Å². The number of rotatable bonds is 6. The summed E-state index contributed by atoms with van der Waals surface area (Å²) in [4.78, 5) is 14.1.